The summed E-state index contributed by atoms with van der Waals surface area (Å²) in [6.07, 6.45) is -5.30. The maximum absolute atomic E-state index is 14.3. The highest BCUT2D eigenvalue weighted by Gasteiger charge is 2.55. The van der Waals surface area contributed by atoms with Crippen molar-refractivity contribution in [3.05, 3.63) is 48.3 Å². The number of hydrogen-bond donors (Lipinski definition) is 4. The Kier molecular flexibility index (Phi) is 6.74. The van der Waals surface area contributed by atoms with E-state index in [4.69, 9.17) is 5.11 Å². The molecule has 0 saturated heterocycles. The number of aliphatic hydroxyl groups excluding tert-OH is 1. The fraction of sp³-hybridized carbons (Fsp3) is 0.278. The van der Waals surface area contributed by atoms with Crippen LogP contribution in [0.4, 0.5) is 28.9 Å². The lowest BCUT2D eigenvalue weighted by atomic mass is 10.1. The number of nitrogens with one attached hydrogen (secondary N) is 2. The molecule has 4 N–H and O–H groups in total. The third-order valence-electron chi connectivity index (χ3n) is 4.10. The molecule has 2 aromatic carbocycles. The molecule has 2 aromatic rings. The number of halogens is 4. The summed E-state index contributed by atoms with van der Waals surface area (Å²) in [6, 6.07) is 7.62. The SMILES string of the molecule is CC(O)(C(=O)Nc1ccc(S(=O)(=O)c2ccc(NCCO)cc2)cc1F)C(F)(F)F. The van der Waals surface area contributed by atoms with Crippen LogP contribution in [0.1, 0.15) is 6.92 Å². The number of aliphatic hydroxyl groups is 2. The predicted molar refractivity (Wildman–Crippen MR) is 99.2 cm³/mol. The first-order valence-electron chi connectivity index (χ1n) is 8.40. The second-order valence-electron chi connectivity index (χ2n) is 6.34. The van der Waals surface area contributed by atoms with E-state index in [1.165, 1.54) is 24.3 Å². The van der Waals surface area contributed by atoms with Crippen LogP contribution in [0.15, 0.2) is 52.3 Å². The van der Waals surface area contributed by atoms with E-state index in [1.54, 1.807) is 5.32 Å². The molecular formula is C18H18F4N2O5S. The lowest BCUT2D eigenvalue weighted by Gasteiger charge is -2.25. The number of benzene rings is 2. The van der Waals surface area contributed by atoms with Crippen molar-refractivity contribution in [2.75, 3.05) is 23.8 Å². The van der Waals surface area contributed by atoms with Gasteiger partial charge in [0.05, 0.1) is 22.1 Å². The van der Waals surface area contributed by atoms with Crippen LogP contribution in [-0.2, 0) is 14.6 Å². The molecule has 0 fully saturated rings. The Labute approximate surface area is 169 Å². The Morgan fingerprint density at radius 2 is 1.63 bits per heavy atom. The van der Waals surface area contributed by atoms with Gasteiger partial charge in [0.1, 0.15) is 5.82 Å². The fourth-order valence-corrected chi connectivity index (χ4v) is 3.50. The van der Waals surface area contributed by atoms with Gasteiger partial charge in [-0.1, -0.05) is 0 Å². The van der Waals surface area contributed by atoms with Crippen molar-refractivity contribution >= 4 is 27.1 Å². The second kappa shape index (κ2) is 8.58. The lowest BCUT2D eigenvalue weighted by molar-refractivity contribution is -0.242. The van der Waals surface area contributed by atoms with Gasteiger partial charge in [-0.25, -0.2) is 12.8 Å². The number of hydrogen-bond acceptors (Lipinski definition) is 6. The molecule has 0 aliphatic rings. The van der Waals surface area contributed by atoms with Crippen LogP contribution in [-0.4, -0.2) is 49.5 Å². The highest BCUT2D eigenvalue weighted by Crippen LogP contribution is 2.32. The topological polar surface area (TPSA) is 116 Å². The van der Waals surface area contributed by atoms with Gasteiger partial charge in [-0.3, -0.25) is 4.79 Å². The Hall–Kier alpha value is -2.70. The van der Waals surface area contributed by atoms with Crippen molar-refractivity contribution in [1.82, 2.24) is 0 Å². The third-order valence-corrected chi connectivity index (χ3v) is 5.87. The zero-order valence-corrected chi connectivity index (χ0v) is 16.3. The van der Waals surface area contributed by atoms with Crippen LogP contribution in [0.2, 0.25) is 0 Å². The van der Waals surface area contributed by atoms with Crippen molar-refractivity contribution in [2.45, 2.75) is 28.5 Å². The van der Waals surface area contributed by atoms with Gasteiger partial charge in [0.2, 0.25) is 15.4 Å². The van der Waals surface area contributed by atoms with Gasteiger partial charge in [-0.15, -0.1) is 0 Å². The monoisotopic (exact) mass is 450 g/mol. The Morgan fingerprint density at radius 1 is 1.07 bits per heavy atom. The van der Waals surface area contributed by atoms with E-state index in [1.807, 2.05) is 0 Å². The number of rotatable bonds is 7. The minimum absolute atomic E-state index is 0.124. The molecule has 1 unspecified atom stereocenters. The number of alkyl halides is 3. The quantitative estimate of drug-likeness (QED) is 0.482. The van der Waals surface area contributed by atoms with E-state index in [-0.39, 0.29) is 25.0 Å². The summed E-state index contributed by atoms with van der Waals surface area (Å²) in [6.45, 7) is 0.338. The van der Waals surface area contributed by atoms with Crippen LogP contribution in [0.5, 0.6) is 0 Å². The van der Waals surface area contributed by atoms with Gasteiger partial charge in [0.25, 0.3) is 5.91 Å². The molecule has 0 heterocycles. The zero-order chi connectivity index (χ0) is 22.7. The first-order valence-corrected chi connectivity index (χ1v) is 9.89. The highest BCUT2D eigenvalue weighted by molar-refractivity contribution is 7.91. The average molecular weight is 450 g/mol. The Bertz CT molecular complexity index is 1020. The van der Waals surface area contributed by atoms with E-state index in [0.29, 0.717) is 11.8 Å². The number of sulfone groups is 1. The summed E-state index contributed by atoms with van der Waals surface area (Å²) in [5.74, 6) is -3.22. The smallest absolute Gasteiger partial charge is 0.395 e. The summed E-state index contributed by atoms with van der Waals surface area (Å²) in [5, 5.41) is 22.5. The second-order valence-corrected chi connectivity index (χ2v) is 8.29. The summed E-state index contributed by atoms with van der Waals surface area (Å²) in [5.41, 5.74) is -3.95. The minimum atomic E-state index is -5.30. The average Bonchev–Trinajstić information content (AvgIpc) is 2.67. The number of anilines is 2. The zero-order valence-electron chi connectivity index (χ0n) is 15.5. The molecule has 0 aromatic heterocycles. The summed E-state index contributed by atoms with van der Waals surface area (Å²) >= 11 is 0. The molecule has 12 heteroatoms. The van der Waals surface area contributed by atoms with Crippen molar-refractivity contribution in [3.8, 4) is 0 Å². The van der Waals surface area contributed by atoms with E-state index >= 15 is 0 Å². The van der Waals surface area contributed by atoms with Crippen LogP contribution in [0.25, 0.3) is 0 Å². The van der Waals surface area contributed by atoms with Crippen LogP contribution in [0, 0.1) is 5.82 Å². The summed E-state index contributed by atoms with van der Waals surface area (Å²) < 4.78 is 77.6. The molecule has 7 nitrogen and oxygen atoms in total. The van der Waals surface area contributed by atoms with Crippen LogP contribution < -0.4 is 10.6 Å². The maximum atomic E-state index is 14.3. The molecule has 2 rings (SSSR count). The molecule has 0 radical (unpaired) electrons. The number of carbonyl (C=O) groups excluding carboxylic acids is 1. The van der Waals surface area contributed by atoms with Gasteiger partial charge in [0.15, 0.2) is 0 Å². The minimum Gasteiger partial charge on any atom is -0.395 e. The first-order chi connectivity index (χ1) is 13.8. The van der Waals surface area contributed by atoms with E-state index in [9.17, 15) is 35.9 Å². The Morgan fingerprint density at radius 3 is 2.13 bits per heavy atom. The fourth-order valence-electron chi connectivity index (χ4n) is 2.23. The molecule has 0 bridgehead atoms. The van der Waals surface area contributed by atoms with Crippen molar-refractivity contribution in [1.29, 1.82) is 0 Å². The van der Waals surface area contributed by atoms with Crippen molar-refractivity contribution in [3.63, 3.8) is 0 Å². The van der Waals surface area contributed by atoms with Crippen molar-refractivity contribution < 1.29 is 41.0 Å². The third kappa shape index (κ3) is 4.89. The van der Waals surface area contributed by atoms with Gasteiger partial charge in [0, 0.05) is 12.2 Å². The molecule has 30 heavy (non-hydrogen) atoms. The van der Waals surface area contributed by atoms with Crippen LogP contribution in [0.3, 0.4) is 0 Å². The lowest BCUT2D eigenvalue weighted by Crippen LogP contribution is -2.52. The largest absolute Gasteiger partial charge is 0.426 e. The molecule has 0 aliphatic carbocycles. The standard InChI is InChI=1S/C18H18F4N2O5S/c1-17(27,18(20,21)22)16(26)24-15-7-6-13(10-14(15)19)30(28,29)12-4-2-11(3-5-12)23-8-9-25/h2-7,10,23,25,27H,8-9H2,1H3,(H,24,26). The van der Waals surface area contributed by atoms with E-state index in [0.717, 1.165) is 12.1 Å². The molecule has 0 spiro atoms. The van der Waals surface area contributed by atoms with E-state index in [2.05, 4.69) is 5.32 Å². The molecule has 1 amide bonds. The molecule has 164 valence electrons. The predicted octanol–water partition coefficient (Wildman–Crippen LogP) is 2.31. The highest BCUT2D eigenvalue weighted by atomic mass is 32.2. The summed E-state index contributed by atoms with van der Waals surface area (Å²) in [7, 11) is -4.15. The van der Waals surface area contributed by atoms with Crippen LogP contribution >= 0.6 is 0 Å². The van der Waals surface area contributed by atoms with Gasteiger partial charge >= 0.3 is 6.18 Å². The van der Waals surface area contributed by atoms with Crippen molar-refractivity contribution in [2.24, 2.45) is 0 Å². The number of amides is 1. The Balaban J connectivity index is 2.26. The van der Waals surface area contributed by atoms with Gasteiger partial charge < -0.3 is 20.8 Å². The van der Waals surface area contributed by atoms with Gasteiger partial charge in [-0.2, -0.15) is 13.2 Å². The van der Waals surface area contributed by atoms with Gasteiger partial charge in [-0.05, 0) is 49.4 Å². The molecule has 1 atom stereocenters. The normalized spacial score (nSPS) is 14.1. The maximum Gasteiger partial charge on any atom is 0.426 e. The molecule has 0 saturated carbocycles. The first kappa shape index (κ1) is 23.6. The molecular weight excluding hydrogens is 432 g/mol. The number of carbonyl (C=O) groups is 1. The summed E-state index contributed by atoms with van der Waals surface area (Å²) in [4.78, 5) is 11.0. The molecule has 0 aliphatic heterocycles. The van der Waals surface area contributed by atoms with E-state index < -0.39 is 43.9 Å².